The Morgan fingerprint density at radius 2 is 0.848 bits per heavy atom. The van der Waals surface area contributed by atoms with E-state index in [2.05, 4.69) is 9.97 Å². The van der Waals surface area contributed by atoms with Gasteiger partial charge in [0, 0.05) is 23.3 Å². The Kier molecular flexibility index (Phi) is 6.80. The number of nitrogens with one attached hydrogen (secondary N) is 2. The Labute approximate surface area is 202 Å². The van der Waals surface area contributed by atoms with Crippen molar-refractivity contribution >= 4 is 53.2 Å². The number of aromatic nitrogens is 2. The minimum atomic E-state index is 0. The van der Waals surface area contributed by atoms with Crippen molar-refractivity contribution in [2.75, 3.05) is 0 Å². The smallest absolute Gasteiger partial charge is 0.872 e. The quantitative estimate of drug-likeness (QED) is 0.354. The van der Waals surface area contributed by atoms with Crippen LogP contribution in [0.1, 0.15) is 0 Å². The summed E-state index contributed by atoms with van der Waals surface area (Å²) in [4.78, 5) is 6.54. The molecule has 0 saturated heterocycles. The number of para-hydroxylation sites is 4. The molecule has 6 aromatic rings. The Morgan fingerprint density at radius 3 is 1.24 bits per heavy atom. The van der Waals surface area contributed by atoms with Crippen LogP contribution in [0.5, 0.6) is 11.5 Å². The summed E-state index contributed by atoms with van der Waals surface area (Å²) in [6.07, 6.45) is 0. The van der Waals surface area contributed by atoms with E-state index >= 15 is 0 Å². The van der Waals surface area contributed by atoms with Crippen LogP contribution in [0.4, 0.5) is 0 Å². The Hall–Kier alpha value is -3.57. The molecule has 0 bridgehead atoms. The van der Waals surface area contributed by atoms with Crippen LogP contribution in [0, 0.1) is 0 Å². The molecule has 33 heavy (non-hydrogen) atoms. The van der Waals surface area contributed by atoms with Gasteiger partial charge in [-0.15, -0.1) is 0 Å². The summed E-state index contributed by atoms with van der Waals surface area (Å²) in [6, 6.07) is 30.3. The minimum Gasteiger partial charge on any atom is -0.872 e. The van der Waals surface area contributed by atoms with E-state index in [0.717, 1.165) is 32.2 Å². The standard InChI is InChI=1S/2C13H9NOS.Be/c2*15-11-7-3-1-5-9(11)13-14-10-6-2-4-8-12(10)16-13;/h2*1-8,15H;/q;;+2. The molecule has 156 valence electrons. The molecule has 4 nitrogen and oxygen atoms in total. The summed E-state index contributed by atoms with van der Waals surface area (Å²) in [7, 11) is 0. The Morgan fingerprint density at radius 1 is 0.485 bits per heavy atom. The molecular weight excluding hydrogens is 445 g/mol. The van der Waals surface area contributed by atoms with Crippen molar-refractivity contribution in [3.8, 4) is 32.6 Å². The van der Waals surface area contributed by atoms with Gasteiger partial charge in [0.2, 0.25) is 11.0 Å². The second-order valence-electron chi connectivity index (χ2n) is 7.10. The first kappa shape index (κ1) is 22.6. The molecule has 2 aromatic heterocycles. The van der Waals surface area contributed by atoms with Gasteiger partial charge in [-0.3, -0.25) is 0 Å². The van der Waals surface area contributed by atoms with Crippen LogP contribution in [-0.4, -0.2) is 10.1 Å². The normalized spacial score (nSPS) is 10.4. The zero-order valence-electron chi connectivity index (χ0n) is 17.6. The number of rotatable bonds is 2. The first-order valence-corrected chi connectivity index (χ1v) is 11.7. The van der Waals surface area contributed by atoms with Crippen molar-refractivity contribution in [2.24, 2.45) is 0 Å². The third-order valence-corrected chi connectivity index (χ3v) is 7.16. The third-order valence-electron chi connectivity index (χ3n) is 4.96. The van der Waals surface area contributed by atoms with Crippen molar-refractivity contribution in [1.29, 1.82) is 0 Å². The van der Waals surface area contributed by atoms with Crippen LogP contribution in [0.25, 0.3) is 41.6 Å². The molecule has 4 aromatic carbocycles. The van der Waals surface area contributed by atoms with Gasteiger partial charge in [0.15, 0.2) is 0 Å². The molecule has 7 heteroatoms. The summed E-state index contributed by atoms with van der Waals surface area (Å²) in [6.45, 7) is 0. The van der Waals surface area contributed by atoms with E-state index in [1.54, 1.807) is 46.9 Å². The van der Waals surface area contributed by atoms with E-state index in [-0.39, 0.29) is 21.6 Å². The van der Waals surface area contributed by atoms with Gasteiger partial charge in [0.05, 0.1) is 0 Å². The Bertz CT molecular complexity index is 1350. The van der Waals surface area contributed by atoms with Crippen LogP contribution < -0.4 is 20.2 Å². The van der Waals surface area contributed by atoms with E-state index in [9.17, 15) is 10.2 Å². The molecule has 0 aliphatic rings. The minimum absolute atomic E-state index is 0. The molecule has 0 aliphatic heterocycles. The number of H-pyrrole nitrogens is 2. The summed E-state index contributed by atoms with van der Waals surface area (Å²) >= 11 is 3.22. The topological polar surface area (TPSA) is 74.4 Å². The van der Waals surface area contributed by atoms with Gasteiger partial charge >= 0.3 is 10.1 Å². The molecule has 0 aliphatic carbocycles. The van der Waals surface area contributed by atoms with E-state index in [1.807, 2.05) is 72.8 Å². The van der Waals surface area contributed by atoms with Gasteiger partial charge < -0.3 is 10.2 Å². The SMILES string of the molecule is [Be+2].[O-]c1ccccc1-c1[nH+]c2ccccc2s1.[O-]c1ccccc1-c1[nH+]c2ccccc2s1. The number of hydrogen-bond acceptors (Lipinski definition) is 4. The number of aromatic amines is 2. The summed E-state index contributed by atoms with van der Waals surface area (Å²) in [5.74, 6) is 0.121. The van der Waals surface area contributed by atoms with Gasteiger partial charge in [-0.05, 0) is 24.3 Å². The maximum absolute atomic E-state index is 11.7. The molecule has 0 atom stereocenters. The van der Waals surface area contributed by atoms with Crippen molar-refractivity contribution < 1.29 is 20.2 Å². The fourth-order valence-electron chi connectivity index (χ4n) is 3.39. The number of hydrogen-bond donors (Lipinski definition) is 0. The summed E-state index contributed by atoms with van der Waals surface area (Å²) < 4.78 is 2.33. The molecule has 2 N–H and O–H groups in total. The molecule has 2 heterocycles. The number of fused-ring (bicyclic) bond motifs is 2. The van der Waals surface area contributed by atoms with Crippen LogP contribution in [0.15, 0.2) is 97.1 Å². The average molecular weight is 464 g/mol. The predicted molar refractivity (Wildman–Crippen MR) is 132 cm³/mol. The van der Waals surface area contributed by atoms with E-state index in [4.69, 9.17) is 0 Å². The zero-order valence-corrected chi connectivity index (χ0v) is 19.2. The van der Waals surface area contributed by atoms with E-state index in [1.165, 1.54) is 9.40 Å². The average Bonchev–Trinajstić information content (AvgIpc) is 3.44. The second kappa shape index (κ2) is 9.92. The second-order valence-corrected chi connectivity index (χ2v) is 9.20. The van der Waals surface area contributed by atoms with Crippen molar-refractivity contribution in [3.05, 3.63) is 97.1 Å². The zero-order chi connectivity index (χ0) is 21.9. The van der Waals surface area contributed by atoms with Gasteiger partial charge in [-0.1, -0.05) is 94.8 Å². The molecule has 0 saturated carbocycles. The van der Waals surface area contributed by atoms with Crippen molar-refractivity contribution in [3.63, 3.8) is 0 Å². The summed E-state index contributed by atoms with van der Waals surface area (Å²) in [5, 5.41) is 25.2. The van der Waals surface area contributed by atoms with E-state index in [0.29, 0.717) is 0 Å². The molecule has 6 rings (SSSR count). The monoisotopic (exact) mass is 463 g/mol. The maximum atomic E-state index is 11.7. The van der Waals surface area contributed by atoms with E-state index < -0.39 is 0 Å². The van der Waals surface area contributed by atoms with Crippen LogP contribution in [0.2, 0.25) is 0 Å². The molecule has 0 radical (unpaired) electrons. The van der Waals surface area contributed by atoms with Crippen LogP contribution in [0.3, 0.4) is 0 Å². The molecule has 0 amide bonds. The fourth-order valence-corrected chi connectivity index (χ4v) is 5.46. The van der Waals surface area contributed by atoms with Crippen molar-refractivity contribution in [1.82, 2.24) is 0 Å². The van der Waals surface area contributed by atoms with Crippen molar-refractivity contribution in [2.45, 2.75) is 0 Å². The fraction of sp³-hybridized carbons (Fsp3) is 0. The number of benzene rings is 4. The largest absolute Gasteiger partial charge is 2.00 e. The van der Waals surface area contributed by atoms with Gasteiger partial charge in [-0.25, -0.2) is 0 Å². The van der Waals surface area contributed by atoms with Gasteiger partial charge in [-0.2, -0.15) is 9.97 Å². The summed E-state index contributed by atoms with van der Waals surface area (Å²) in [5.41, 5.74) is 3.63. The third kappa shape index (κ3) is 4.78. The molecule has 0 spiro atoms. The Balaban J connectivity index is 0.000000152. The van der Waals surface area contributed by atoms with Gasteiger partial charge in [0.25, 0.3) is 10.0 Å². The molecule has 0 unspecified atom stereocenters. The van der Waals surface area contributed by atoms with Gasteiger partial charge in [0.1, 0.15) is 9.40 Å². The van der Waals surface area contributed by atoms with Crippen LogP contribution in [-0.2, 0) is 0 Å². The maximum Gasteiger partial charge on any atom is 2.00 e. The first-order chi connectivity index (χ1) is 15.7. The predicted octanol–water partition coefficient (Wildman–Crippen LogP) is 4.53. The molecule has 0 fully saturated rings. The van der Waals surface area contributed by atoms with Crippen LogP contribution >= 0.6 is 22.7 Å². The number of thiazole rings is 2. The first-order valence-electron chi connectivity index (χ1n) is 10.0. The molecular formula is C26H18BeN2O2S2+2.